The molecular formula is C10H16N2O3S. The SMILES string of the molecule is C=CCN(C)S(=O)(=O)c1ccc(CNC)o1. The lowest BCUT2D eigenvalue weighted by Gasteiger charge is -2.12. The smallest absolute Gasteiger partial charge is 0.276 e. The summed E-state index contributed by atoms with van der Waals surface area (Å²) >= 11 is 0. The van der Waals surface area contributed by atoms with E-state index in [0.717, 1.165) is 0 Å². The van der Waals surface area contributed by atoms with E-state index in [4.69, 9.17) is 4.42 Å². The van der Waals surface area contributed by atoms with Gasteiger partial charge in [-0.25, -0.2) is 8.42 Å². The summed E-state index contributed by atoms with van der Waals surface area (Å²) in [6, 6.07) is 3.10. The van der Waals surface area contributed by atoms with Gasteiger partial charge in [-0.15, -0.1) is 6.58 Å². The van der Waals surface area contributed by atoms with Gasteiger partial charge in [0.25, 0.3) is 10.0 Å². The van der Waals surface area contributed by atoms with Crippen molar-refractivity contribution < 1.29 is 12.8 Å². The van der Waals surface area contributed by atoms with Crippen molar-refractivity contribution in [1.82, 2.24) is 9.62 Å². The summed E-state index contributed by atoms with van der Waals surface area (Å²) in [5.41, 5.74) is 0. The Morgan fingerprint density at radius 2 is 2.25 bits per heavy atom. The summed E-state index contributed by atoms with van der Waals surface area (Å²) in [6.07, 6.45) is 1.52. The highest BCUT2D eigenvalue weighted by Gasteiger charge is 2.23. The lowest BCUT2D eigenvalue weighted by atomic mass is 10.4. The molecule has 1 rings (SSSR count). The van der Waals surface area contributed by atoms with Crippen LogP contribution in [0, 0.1) is 0 Å². The molecule has 0 amide bonds. The molecule has 0 unspecified atom stereocenters. The van der Waals surface area contributed by atoms with Crippen molar-refractivity contribution in [2.75, 3.05) is 20.6 Å². The number of nitrogens with zero attached hydrogens (tertiary/aromatic N) is 1. The van der Waals surface area contributed by atoms with E-state index in [1.807, 2.05) is 0 Å². The van der Waals surface area contributed by atoms with Crippen LogP contribution in [0.2, 0.25) is 0 Å². The zero-order chi connectivity index (χ0) is 12.2. The number of sulfonamides is 1. The lowest BCUT2D eigenvalue weighted by Crippen LogP contribution is -2.26. The first-order chi connectivity index (χ1) is 7.52. The average Bonchev–Trinajstić information content (AvgIpc) is 2.68. The minimum atomic E-state index is -3.53. The summed E-state index contributed by atoms with van der Waals surface area (Å²) in [4.78, 5) is 0. The fourth-order valence-electron chi connectivity index (χ4n) is 1.20. The lowest BCUT2D eigenvalue weighted by molar-refractivity contribution is 0.389. The average molecular weight is 244 g/mol. The molecule has 0 aliphatic heterocycles. The molecule has 1 aromatic rings. The third kappa shape index (κ3) is 2.72. The maximum absolute atomic E-state index is 11.9. The maximum Gasteiger partial charge on any atom is 0.276 e. The van der Waals surface area contributed by atoms with Gasteiger partial charge in [-0.1, -0.05) is 6.08 Å². The van der Waals surface area contributed by atoms with Crippen LogP contribution in [0.5, 0.6) is 0 Å². The van der Waals surface area contributed by atoms with Crippen molar-refractivity contribution in [2.24, 2.45) is 0 Å². The second kappa shape index (κ2) is 5.29. The van der Waals surface area contributed by atoms with Crippen LogP contribution >= 0.6 is 0 Å². The highest BCUT2D eigenvalue weighted by atomic mass is 32.2. The van der Waals surface area contributed by atoms with Gasteiger partial charge in [0.1, 0.15) is 5.76 Å². The Morgan fingerprint density at radius 1 is 1.56 bits per heavy atom. The van der Waals surface area contributed by atoms with E-state index in [2.05, 4.69) is 11.9 Å². The molecule has 1 heterocycles. The highest BCUT2D eigenvalue weighted by molar-refractivity contribution is 7.89. The molecule has 0 aromatic carbocycles. The van der Waals surface area contributed by atoms with Crippen LogP contribution in [0.25, 0.3) is 0 Å². The van der Waals surface area contributed by atoms with Crippen molar-refractivity contribution in [1.29, 1.82) is 0 Å². The van der Waals surface area contributed by atoms with Crippen molar-refractivity contribution >= 4 is 10.0 Å². The fraction of sp³-hybridized carbons (Fsp3) is 0.400. The van der Waals surface area contributed by atoms with Gasteiger partial charge in [-0.3, -0.25) is 0 Å². The zero-order valence-electron chi connectivity index (χ0n) is 9.43. The van der Waals surface area contributed by atoms with Crippen molar-refractivity contribution in [2.45, 2.75) is 11.6 Å². The van der Waals surface area contributed by atoms with Crippen molar-refractivity contribution in [3.63, 3.8) is 0 Å². The van der Waals surface area contributed by atoms with Gasteiger partial charge < -0.3 is 9.73 Å². The monoisotopic (exact) mass is 244 g/mol. The van der Waals surface area contributed by atoms with E-state index >= 15 is 0 Å². The molecule has 0 aliphatic rings. The Kier molecular flexibility index (Phi) is 4.28. The first-order valence-electron chi connectivity index (χ1n) is 4.83. The molecule has 1 N–H and O–H groups in total. The number of likely N-dealkylation sites (N-methyl/N-ethyl adjacent to an activating group) is 1. The highest BCUT2D eigenvalue weighted by Crippen LogP contribution is 2.17. The molecule has 0 fully saturated rings. The van der Waals surface area contributed by atoms with Gasteiger partial charge in [0.05, 0.1) is 6.54 Å². The van der Waals surface area contributed by atoms with Gasteiger partial charge in [-0.05, 0) is 19.2 Å². The zero-order valence-corrected chi connectivity index (χ0v) is 10.3. The molecule has 0 saturated heterocycles. The molecule has 0 bridgehead atoms. The van der Waals surface area contributed by atoms with Gasteiger partial charge >= 0.3 is 0 Å². The minimum absolute atomic E-state index is 0.0397. The number of nitrogens with one attached hydrogen (secondary N) is 1. The maximum atomic E-state index is 11.9. The van der Waals surface area contributed by atoms with Gasteiger partial charge in [0, 0.05) is 13.6 Å². The number of hydrogen-bond donors (Lipinski definition) is 1. The van der Waals surface area contributed by atoms with Crippen LogP contribution in [0.3, 0.4) is 0 Å². The molecule has 90 valence electrons. The topological polar surface area (TPSA) is 62.6 Å². The van der Waals surface area contributed by atoms with Gasteiger partial charge in [0.2, 0.25) is 5.09 Å². The van der Waals surface area contributed by atoms with E-state index in [-0.39, 0.29) is 11.6 Å². The molecule has 0 atom stereocenters. The Hall–Kier alpha value is -1.11. The van der Waals surface area contributed by atoms with Crippen molar-refractivity contribution in [3.05, 3.63) is 30.5 Å². The molecule has 0 spiro atoms. The minimum Gasteiger partial charge on any atom is -0.447 e. The molecule has 1 aromatic heterocycles. The third-order valence-electron chi connectivity index (χ3n) is 2.04. The normalized spacial score (nSPS) is 11.9. The van der Waals surface area contributed by atoms with Gasteiger partial charge in [0.15, 0.2) is 0 Å². The van der Waals surface area contributed by atoms with E-state index in [0.29, 0.717) is 12.3 Å². The molecule has 0 saturated carbocycles. The predicted molar refractivity (Wildman–Crippen MR) is 61.5 cm³/mol. The first-order valence-corrected chi connectivity index (χ1v) is 6.27. The Labute approximate surface area is 95.8 Å². The third-order valence-corrected chi connectivity index (χ3v) is 3.74. The summed E-state index contributed by atoms with van der Waals surface area (Å²) < 4.78 is 30.2. The summed E-state index contributed by atoms with van der Waals surface area (Å²) in [6.45, 7) is 4.25. The molecule has 5 nitrogen and oxygen atoms in total. The summed E-state index contributed by atoms with van der Waals surface area (Å²) in [5.74, 6) is 0.591. The molecule has 6 heteroatoms. The van der Waals surface area contributed by atoms with Crippen LogP contribution in [0.4, 0.5) is 0 Å². The quantitative estimate of drug-likeness (QED) is 0.752. The fourth-order valence-corrected chi connectivity index (χ4v) is 2.26. The van der Waals surface area contributed by atoms with E-state index in [1.165, 1.54) is 23.5 Å². The first kappa shape index (κ1) is 13.0. The van der Waals surface area contributed by atoms with Gasteiger partial charge in [-0.2, -0.15) is 4.31 Å². The van der Waals surface area contributed by atoms with E-state index in [9.17, 15) is 8.42 Å². The largest absolute Gasteiger partial charge is 0.447 e. The standard InChI is InChI=1S/C10H16N2O3S/c1-4-7-12(3)16(13,14)10-6-5-9(15-10)8-11-2/h4-6,11H,1,7-8H2,2-3H3. The van der Waals surface area contributed by atoms with Crippen LogP contribution in [-0.4, -0.2) is 33.4 Å². The predicted octanol–water partition coefficient (Wildman–Crippen LogP) is 0.805. The van der Waals surface area contributed by atoms with Crippen LogP contribution < -0.4 is 5.32 Å². The van der Waals surface area contributed by atoms with E-state index in [1.54, 1.807) is 13.1 Å². The molecular weight excluding hydrogens is 228 g/mol. The Bertz CT molecular complexity index is 450. The number of furan rings is 1. The summed E-state index contributed by atoms with van der Waals surface area (Å²) in [7, 11) is -0.283. The van der Waals surface area contributed by atoms with Crippen LogP contribution in [-0.2, 0) is 16.6 Å². The van der Waals surface area contributed by atoms with Crippen LogP contribution in [0.15, 0.2) is 34.3 Å². The van der Waals surface area contributed by atoms with E-state index < -0.39 is 10.0 Å². The summed E-state index contributed by atoms with van der Waals surface area (Å²) in [5, 5.41) is 2.85. The number of hydrogen-bond acceptors (Lipinski definition) is 4. The van der Waals surface area contributed by atoms with Crippen molar-refractivity contribution in [3.8, 4) is 0 Å². The Morgan fingerprint density at radius 3 is 2.81 bits per heavy atom. The Balaban J connectivity index is 2.93. The molecule has 0 radical (unpaired) electrons. The van der Waals surface area contributed by atoms with Crippen LogP contribution in [0.1, 0.15) is 5.76 Å². The molecule has 16 heavy (non-hydrogen) atoms. The second-order valence-electron chi connectivity index (χ2n) is 3.33. The number of rotatable bonds is 6. The molecule has 0 aliphatic carbocycles. The second-order valence-corrected chi connectivity index (χ2v) is 5.30.